The summed E-state index contributed by atoms with van der Waals surface area (Å²) in [6.45, 7) is 2.27. The SMILES string of the molecule is Cc1cc(CN2CN(Cc3cccs3)C(=O)c3c(O)c(=O)c(C(=O)O)cn32)no1. The van der Waals surface area contributed by atoms with Crippen LogP contribution in [0.25, 0.3) is 0 Å². The predicted molar refractivity (Wildman–Crippen MR) is 102 cm³/mol. The summed E-state index contributed by atoms with van der Waals surface area (Å²) < 4.78 is 6.28. The molecule has 1 aliphatic heterocycles. The van der Waals surface area contributed by atoms with Gasteiger partial charge in [0.2, 0.25) is 5.43 Å². The molecule has 0 atom stereocenters. The van der Waals surface area contributed by atoms with Crippen molar-refractivity contribution in [3.63, 3.8) is 0 Å². The van der Waals surface area contributed by atoms with E-state index in [0.29, 0.717) is 11.5 Å². The van der Waals surface area contributed by atoms with E-state index < -0.39 is 28.6 Å². The van der Waals surface area contributed by atoms with Gasteiger partial charge in [0.1, 0.15) is 23.7 Å². The zero-order chi connectivity index (χ0) is 20.7. The molecule has 0 spiro atoms. The largest absolute Gasteiger partial charge is 0.502 e. The highest BCUT2D eigenvalue weighted by Gasteiger charge is 2.34. The second-order valence-corrected chi connectivity index (χ2v) is 7.57. The fraction of sp³-hybridized carbons (Fsp3) is 0.222. The molecule has 150 valence electrons. The Morgan fingerprint density at radius 1 is 1.34 bits per heavy atom. The van der Waals surface area contributed by atoms with Crippen molar-refractivity contribution in [2.45, 2.75) is 20.0 Å². The van der Waals surface area contributed by atoms with Crippen molar-refractivity contribution in [2.75, 3.05) is 11.7 Å². The Kier molecular flexibility index (Phi) is 4.59. The number of aromatic hydroxyl groups is 1. The lowest BCUT2D eigenvalue weighted by molar-refractivity contribution is 0.0655. The van der Waals surface area contributed by atoms with Crippen LogP contribution in [0.3, 0.4) is 0 Å². The fourth-order valence-corrected chi connectivity index (χ4v) is 3.88. The number of fused-ring (bicyclic) bond motifs is 1. The van der Waals surface area contributed by atoms with Gasteiger partial charge in [-0.15, -0.1) is 11.3 Å². The van der Waals surface area contributed by atoms with E-state index in [4.69, 9.17) is 4.52 Å². The average Bonchev–Trinajstić information content (AvgIpc) is 3.32. The Hall–Kier alpha value is -3.60. The van der Waals surface area contributed by atoms with Crippen LogP contribution in [0.4, 0.5) is 0 Å². The molecule has 0 radical (unpaired) electrons. The van der Waals surface area contributed by atoms with Crippen LogP contribution in [-0.2, 0) is 13.1 Å². The van der Waals surface area contributed by atoms with Crippen LogP contribution in [0.2, 0.25) is 0 Å². The van der Waals surface area contributed by atoms with Crippen molar-refractivity contribution in [3.8, 4) is 5.75 Å². The zero-order valence-corrected chi connectivity index (χ0v) is 16.0. The minimum absolute atomic E-state index is 0.0943. The van der Waals surface area contributed by atoms with Gasteiger partial charge in [0.15, 0.2) is 11.4 Å². The van der Waals surface area contributed by atoms with E-state index in [9.17, 15) is 24.6 Å². The van der Waals surface area contributed by atoms with Crippen LogP contribution in [0, 0.1) is 6.92 Å². The van der Waals surface area contributed by atoms with Gasteiger partial charge in [-0.3, -0.25) is 19.3 Å². The predicted octanol–water partition coefficient (Wildman–Crippen LogP) is 1.36. The molecule has 0 saturated heterocycles. The number of hydrogen-bond acceptors (Lipinski definition) is 8. The number of carbonyl (C=O) groups is 2. The standard InChI is InChI=1S/C18H16N4O6S/c1-10-5-11(19-28-10)6-21-9-20(7-12-3-2-4-29-12)17(25)14-16(24)15(23)13(18(26)27)8-22(14)21/h2-5,8,24H,6-7,9H2,1H3,(H,26,27). The molecule has 1 aliphatic rings. The Morgan fingerprint density at radius 3 is 2.76 bits per heavy atom. The quantitative estimate of drug-likeness (QED) is 0.638. The Balaban J connectivity index is 1.81. The summed E-state index contributed by atoms with van der Waals surface area (Å²) >= 11 is 1.47. The molecule has 11 heteroatoms. The number of carboxylic acids is 1. The fourth-order valence-electron chi connectivity index (χ4n) is 3.16. The van der Waals surface area contributed by atoms with E-state index in [2.05, 4.69) is 5.16 Å². The number of pyridine rings is 1. The number of carboxylic acid groups (broad SMARTS) is 1. The summed E-state index contributed by atoms with van der Waals surface area (Å²) in [7, 11) is 0. The highest BCUT2D eigenvalue weighted by Crippen LogP contribution is 2.24. The Labute approximate surface area is 167 Å². The van der Waals surface area contributed by atoms with Crippen LogP contribution in [-0.4, -0.2) is 43.5 Å². The smallest absolute Gasteiger partial charge is 0.341 e. The molecule has 4 rings (SSSR count). The minimum Gasteiger partial charge on any atom is -0.502 e. The number of aromatic carboxylic acids is 1. The van der Waals surface area contributed by atoms with Crippen molar-refractivity contribution < 1.29 is 24.3 Å². The van der Waals surface area contributed by atoms with E-state index in [1.165, 1.54) is 20.9 Å². The maximum atomic E-state index is 13.0. The van der Waals surface area contributed by atoms with Crippen molar-refractivity contribution in [2.24, 2.45) is 0 Å². The highest BCUT2D eigenvalue weighted by atomic mass is 32.1. The highest BCUT2D eigenvalue weighted by molar-refractivity contribution is 7.09. The number of amides is 1. The first-order chi connectivity index (χ1) is 13.8. The molecule has 2 N–H and O–H groups in total. The number of nitrogens with zero attached hydrogens (tertiary/aromatic N) is 4. The summed E-state index contributed by atoms with van der Waals surface area (Å²) in [5.41, 5.74) is -1.48. The molecular weight excluding hydrogens is 400 g/mol. The molecule has 4 heterocycles. The summed E-state index contributed by atoms with van der Waals surface area (Å²) in [6, 6.07) is 5.44. The van der Waals surface area contributed by atoms with Crippen LogP contribution < -0.4 is 10.4 Å². The zero-order valence-electron chi connectivity index (χ0n) is 15.2. The topological polar surface area (TPSA) is 129 Å². The summed E-state index contributed by atoms with van der Waals surface area (Å²) in [5, 5.41) is 27.1. The van der Waals surface area contributed by atoms with Gasteiger partial charge in [0.25, 0.3) is 5.91 Å². The molecule has 3 aromatic heterocycles. The van der Waals surface area contributed by atoms with Gasteiger partial charge < -0.3 is 19.6 Å². The van der Waals surface area contributed by atoms with Crippen molar-refractivity contribution in [1.29, 1.82) is 0 Å². The van der Waals surface area contributed by atoms with Crippen LogP contribution in [0.5, 0.6) is 5.75 Å². The monoisotopic (exact) mass is 416 g/mol. The van der Waals surface area contributed by atoms with Gasteiger partial charge in [-0.1, -0.05) is 11.2 Å². The Bertz CT molecular complexity index is 1150. The maximum absolute atomic E-state index is 13.0. The second kappa shape index (κ2) is 7.09. The van der Waals surface area contributed by atoms with E-state index in [-0.39, 0.29) is 25.5 Å². The number of thiophene rings is 1. The van der Waals surface area contributed by atoms with Gasteiger partial charge in [0.05, 0.1) is 13.1 Å². The first-order valence-electron chi connectivity index (χ1n) is 8.56. The third-order valence-corrected chi connectivity index (χ3v) is 5.33. The Morgan fingerprint density at radius 2 is 2.14 bits per heavy atom. The van der Waals surface area contributed by atoms with Crippen LogP contribution in [0.1, 0.15) is 37.2 Å². The van der Waals surface area contributed by atoms with E-state index in [1.54, 1.807) is 18.0 Å². The molecule has 3 aromatic rings. The number of rotatable bonds is 5. The normalized spacial score (nSPS) is 13.6. The molecule has 0 saturated carbocycles. The summed E-state index contributed by atoms with van der Waals surface area (Å²) in [4.78, 5) is 39.1. The van der Waals surface area contributed by atoms with Crippen molar-refractivity contribution >= 4 is 23.2 Å². The number of aryl methyl sites for hydroxylation is 1. The van der Waals surface area contributed by atoms with Crippen LogP contribution in [0.15, 0.2) is 39.1 Å². The van der Waals surface area contributed by atoms with Gasteiger partial charge in [-0.25, -0.2) is 4.79 Å². The van der Waals surface area contributed by atoms with Gasteiger partial charge >= 0.3 is 5.97 Å². The number of carbonyl (C=O) groups excluding carboxylic acids is 1. The summed E-state index contributed by atoms with van der Waals surface area (Å²) in [5.74, 6) is -2.37. The van der Waals surface area contributed by atoms with E-state index in [1.807, 2.05) is 17.5 Å². The molecule has 0 unspecified atom stereocenters. The third-order valence-electron chi connectivity index (χ3n) is 4.47. The van der Waals surface area contributed by atoms with Gasteiger partial charge in [-0.2, -0.15) is 0 Å². The lowest BCUT2D eigenvalue weighted by atomic mass is 10.2. The number of aromatic nitrogens is 2. The number of hydrogen-bond donors (Lipinski definition) is 2. The van der Waals surface area contributed by atoms with Crippen LogP contribution >= 0.6 is 11.3 Å². The van der Waals surface area contributed by atoms with Gasteiger partial charge in [-0.05, 0) is 18.4 Å². The van der Waals surface area contributed by atoms with Crippen molar-refractivity contribution in [1.82, 2.24) is 14.7 Å². The van der Waals surface area contributed by atoms with E-state index in [0.717, 1.165) is 11.1 Å². The molecule has 0 bridgehead atoms. The lowest BCUT2D eigenvalue weighted by Crippen LogP contribution is -2.53. The second-order valence-electron chi connectivity index (χ2n) is 6.54. The molecule has 1 amide bonds. The molecule has 29 heavy (non-hydrogen) atoms. The van der Waals surface area contributed by atoms with Gasteiger partial charge in [0, 0.05) is 17.1 Å². The average molecular weight is 416 g/mol. The van der Waals surface area contributed by atoms with Crippen molar-refractivity contribution in [3.05, 3.63) is 67.6 Å². The lowest BCUT2D eigenvalue weighted by Gasteiger charge is -2.39. The molecular formula is C18H16N4O6S. The maximum Gasteiger partial charge on any atom is 0.341 e. The molecule has 0 aromatic carbocycles. The third kappa shape index (κ3) is 3.36. The first kappa shape index (κ1) is 18.7. The minimum atomic E-state index is -1.49. The van der Waals surface area contributed by atoms with E-state index >= 15 is 0 Å². The summed E-state index contributed by atoms with van der Waals surface area (Å²) in [6.07, 6.45) is 1.05. The molecule has 0 aliphatic carbocycles. The first-order valence-corrected chi connectivity index (χ1v) is 9.44. The molecule has 10 nitrogen and oxygen atoms in total. The molecule has 0 fully saturated rings.